The third-order valence-corrected chi connectivity index (χ3v) is 7.62. The van der Waals surface area contributed by atoms with E-state index in [2.05, 4.69) is 31.3 Å². The van der Waals surface area contributed by atoms with E-state index in [0.717, 1.165) is 50.6 Å². The molecule has 2 aromatic rings. The number of carbonyl (C=O) groups is 2. The summed E-state index contributed by atoms with van der Waals surface area (Å²) in [6, 6.07) is 5.82. The van der Waals surface area contributed by atoms with E-state index in [4.69, 9.17) is 16.2 Å². The van der Waals surface area contributed by atoms with Crippen molar-refractivity contribution in [2.45, 2.75) is 63.3 Å². The molecule has 37 heavy (non-hydrogen) atoms. The Bertz CT molecular complexity index is 1260. The molecule has 0 unspecified atom stereocenters. The summed E-state index contributed by atoms with van der Waals surface area (Å²) in [5, 5.41) is 12.4. The highest BCUT2D eigenvalue weighted by Gasteiger charge is 2.44. The average Bonchev–Trinajstić information content (AvgIpc) is 3.67. The molecular weight excluding hydrogens is 474 g/mol. The molecule has 3 aliphatic rings. The Balaban J connectivity index is 1.33. The van der Waals surface area contributed by atoms with Gasteiger partial charge in [0, 0.05) is 30.2 Å². The minimum absolute atomic E-state index is 0.00311. The lowest BCUT2D eigenvalue weighted by atomic mass is 9.78. The minimum Gasteiger partial charge on any atom is -0.462 e. The molecule has 1 saturated heterocycles. The fourth-order valence-corrected chi connectivity index (χ4v) is 4.74. The number of nitrogens with zero attached hydrogens (tertiary/aromatic N) is 6. The molecule has 0 spiro atoms. The number of aromatic nitrogens is 4. The molecule has 2 amide bonds. The Morgan fingerprint density at radius 3 is 2.49 bits per heavy atom. The van der Waals surface area contributed by atoms with E-state index in [0.29, 0.717) is 19.0 Å². The Morgan fingerprint density at radius 1 is 1.16 bits per heavy atom. The van der Waals surface area contributed by atoms with E-state index < -0.39 is 11.3 Å². The van der Waals surface area contributed by atoms with Gasteiger partial charge >= 0.3 is 6.01 Å². The Labute approximate surface area is 214 Å². The highest BCUT2D eigenvalue weighted by Crippen LogP contribution is 2.45. The summed E-state index contributed by atoms with van der Waals surface area (Å²) in [6.07, 6.45) is 5.91. The third kappa shape index (κ3) is 5.26. The van der Waals surface area contributed by atoms with E-state index >= 15 is 0 Å². The fourth-order valence-electron chi connectivity index (χ4n) is 4.74. The third-order valence-electron chi connectivity index (χ3n) is 7.62. The second kappa shape index (κ2) is 9.46. The van der Waals surface area contributed by atoms with Crippen LogP contribution in [-0.2, 0) is 0 Å². The minimum atomic E-state index is -0.652. The molecule has 3 heterocycles. The SMILES string of the molecule is CC1(NC(=O)c2nc(OCC3(C#N)CC3)nc(N3CCC(c4ccc(N)c(C(N)=O)n4)CC3)n2)CCC1. The average molecular weight is 506 g/mol. The van der Waals surface area contributed by atoms with Gasteiger partial charge in [-0.2, -0.15) is 20.2 Å². The summed E-state index contributed by atoms with van der Waals surface area (Å²) in [5.74, 6) is -0.544. The van der Waals surface area contributed by atoms with Crippen LogP contribution in [0.2, 0.25) is 0 Å². The molecular formula is C25H31N9O3. The van der Waals surface area contributed by atoms with Crippen LogP contribution in [0.3, 0.4) is 0 Å². The van der Waals surface area contributed by atoms with Crippen molar-refractivity contribution in [1.82, 2.24) is 25.3 Å². The first-order chi connectivity index (χ1) is 17.7. The maximum atomic E-state index is 13.0. The number of anilines is 2. The number of rotatable bonds is 8. The second-order valence-corrected chi connectivity index (χ2v) is 10.6. The van der Waals surface area contributed by atoms with Crippen LogP contribution in [0.15, 0.2) is 12.1 Å². The van der Waals surface area contributed by atoms with Crippen LogP contribution in [-0.4, -0.2) is 57.0 Å². The largest absolute Gasteiger partial charge is 0.462 e. The highest BCUT2D eigenvalue weighted by molar-refractivity contribution is 5.95. The fraction of sp³-hybridized carbons (Fsp3) is 0.560. The number of pyridine rings is 1. The number of nitrogens with one attached hydrogen (secondary N) is 1. The van der Waals surface area contributed by atoms with Gasteiger partial charge in [0.25, 0.3) is 11.8 Å². The van der Waals surface area contributed by atoms with E-state index in [9.17, 15) is 14.9 Å². The molecule has 0 bridgehead atoms. The standard InChI is InChI=1S/C25H31N9O3/c1-24(7-2-8-24)33-21(36)20-30-22(32-23(31-20)37-14-25(13-26)9-10-25)34-11-5-15(6-12-34)17-4-3-16(27)18(29-17)19(28)35/h3-4,15H,2,5-12,14,27H2,1H3,(H2,28,35)(H,33,36). The molecule has 5 N–H and O–H groups in total. The molecule has 0 atom stereocenters. The molecule has 1 aliphatic heterocycles. The van der Waals surface area contributed by atoms with Gasteiger partial charge in [-0.1, -0.05) is 0 Å². The molecule has 0 aromatic carbocycles. The van der Waals surface area contributed by atoms with Gasteiger partial charge < -0.3 is 26.4 Å². The number of hydrogen-bond donors (Lipinski definition) is 3. The first-order valence-corrected chi connectivity index (χ1v) is 12.6. The van der Waals surface area contributed by atoms with Crippen LogP contribution in [0.25, 0.3) is 0 Å². The predicted octanol–water partition coefficient (Wildman–Crippen LogP) is 1.69. The second-order valence-electron chi connectivity index (χ2n) is 10.6. The lowest BCUT2D eigenvalue weighted by Crippen LogP contribution is -2.51. The highest BCUT2D eigenvalue weighted by atomic mass is 16.5. The van der Waals surface area contributed by atoms with Crippen LogP contribution >= 0.6 is 0 Å². The number of hydrogen-bond acceptors (Lipinski definition) is 10. The van der Waals surface area contributed by atoms with Crippen molar-refractivity contribution in [1.29, 1.82) is 5.26 Å². The smallest absolute Gasteiger partial charge is 0.322 e. The van der Waals surface area contributed by atoms with Crippen LogP contribution in [0, 0.1) is 16.7 Å². The van der Waals surface area contributed by atoms with Crippen molar-refractivity contribution in [2.24, 2.45) is 11.1 Å². The van der Waals surface area contributed by atoms with Crippen molar-refractivity contribution in [3.8, 4) is 12.1 Å². The number of nitrogens with two attached hydrogens (primary N) is 2. The molecule has 12 heteroatoms. The summed E-state index contributed by atoms with van der Waals surface area (Å²) in [7, 11) is 0. The lowest BCUT2D eigenvalue weighted by molar-refractivity contribution is 0.0836. The van der Waals surface area contributed by atoms with Gasteiger partial charge in [0.1, 0.15) is 6.61 Å². The number of amides is 2. The normalized spacial score (nSPS) is 19.8. The molecule has 3 fully saturated rings. The number of nitriles is 1. The van der Waals surface area contributed by atoms with E-state index in [1.807, 2.05) is 17.9 Å². The predicted molar refractivity (Wildman–Crippen MR) is 134 cm³/mol. The van der Waals surface area contributed by atoms with Crippen molar-refractivity contribution in [3.63, 3.8) is 0 Å². The van der Waals surface area contributed by atoms with Crippen LogP contribution < -0.4 is 26.4 Å². The molecule has 2 aromatic heterocycles. The Hall–Kier alpha value is -4.01. The molecule has 2 saturated carbocycles. The molecule has 0 radical (unpaired) electrons. The first-order valence-electron chi connectivity index (χ1n) is 12.6. The van der Waals surface area contributed by atoms with E-state index in [-0.39, 0.29) is 47.2 Å². The quantitative estimate of drug-likeness (QED) is 0.476. The zero-order valence-electron chi connectivity index (χ0n) is 20.9. The van der Waals surface area contributed by atoms with Gasteiger partial charge in [-0.15, -0.1) is 0 Å². The summed E-state index contributed by atoms with van der Waals surface area (Å²) < 4.78 is 5.80. The maximum Gasteiger partial charge on any atom is 0.322 e. The maximum absolute atomic E-state index is 13.0. The summed E-state index contributed by atoms with van der Waals surface area (Å²) >= 11 is 0. The number of carbonyl (C=O) groups excluding carboxylic acids is 2. The number of piperidine rings is 1. The van der Waals surface area contributed by atoms with Crippen molar-refractivity contribution in [2.75, 3.05) is 30.3 Å². The Kier molecular flexibility index (Phi) is 6.31. The summed E-state index contributed by atoms with van der Waals surface area (Å²) in [5.41, 5.74) is 11.6. The van der Waals surface area contributed by atoms with Gasteiger partial charge in [0.15, 0.2) is 5.69 Å². The van der Waals surface area contributed by atoms with Gasteiger partial charge in [-0.25, -0.2) is 4.98 Å². The number of nitrogen functional groups attached to an aromatic ring is 1. The van der Waals surface area contributed by atoms with Crippen LogP contribution in [0.1, 0.15) is 84.6 Å². The van der Waals surface area contributed by atoms with Gasteiger partial charge in [-0.3, -0.25) is 9.59 Å². The Morgan fingerprint density at radius 2 is 1.89 bits per heavy atom. The first kappa shape index (κ1) is 24.7. The molecule has 194 valence electrons. The van der Waals surface area contributed by atoms with Gasteiger partial charge in [0.05, 0.1) is 17.2 Å². The van der Waals surface area contributed by atoms with Crippen LogP contribution in [0.4, 0.5) is 11.6 Å². The molecule has 5 rings (SSSR count). The van der Waals surface area contributed by atoms with Crippen molar-refractivity contribution >= 4 is 23.5 Å². The topological polar surface area (TPSA) is 186 Å². The van der Waals surface area contributed by atoms with E-state index in [1.165, 1.54) is 0 Å². The molecule has 2 aliphatic carbocycles. The van der Waals surface area contributed by atoms with Gasteiger partial charge in [-0.05, 0) is 64.0 Å². The lowest BCUT2D eigenvalue weighted by Gasteiger charge is -2.38. The van der Waals surface area contributed by atoms with Crippen molar-refractivity contribution in [3.05, 3.63) is 29.3 Å². The van der Waals surface area contributed by atoms with Crippen LogP contribution in [0.5, 0.6) is 6.01 Å². The van der Waals surface area contributed by atoms with Crippen molar-refractivity contribution < 1.29 is 14.3 Å². The summed E-state index contributed by atoms with van der Waals surface area (Å²) in [4.78, 5) is 44.3. The van der Waals surface area contributed by atoms with Gasteiger partial charge in [0.2, 0.25) is 11.8 Å². The zero-order valence-corrected chi connectivity index (χ0v) is 20.9. The molecule has 12 nitrogen and oxygen atoms in total. The monoisotopic (exact) mass is 505 g/mol. The zero-order chi connectivity index (χ0) is 26.2. The number of primary amides is 1. The number of ether oxygens (including phenoxy) is 1. The van der Waals surface area contributed by atoms with E-state index in [1.54, 1.807) is 6.07 Å². The summed E-state index contributed by atoms with van der Waals surface area (Å²) in [6.45, 7) is 3.40.